The average Bonchev–Trinajstić information content (AvgIpc) is 2.73. The molecule has 0 aliphatic carbocycles. The van der Waals surface area contributed by atoms with E-state index in [4.69, 9.17) is 0 Å². The minimum Gasteiger partial charge on any atom is -0.389 e. The molecule has 1 aromatic heterocycles. The van der Waals surface area contributed by atoms with Gasteiger partial charge in [0.15, 0.2) is 0 Å². The monoisotopic (exact) mass is 231 g/mol. The van der Waals surface area contributed by atoms with Crippen molar-refractivity contribution in [2.75, 3.05) is 5.32 Å². The van der Waals surface area contributed by atoms with Gasteiger partial charge in [-0.3, -0.25) is 4.68 Å². The Labute approximate surface area is 101 Å². The summed E-state index contributed by atoms with van der Waals surface area (Å²) >= 11 is 0. The van der Waals surface area contributed by atoms with Crippen LogP contribution in [0.3, 0.4) is 0 Å². The van der Waals surface area contributed by atoms with Crippen LogP contribution in [0.5, 0.6) is 0 Å². The highest BCUT2D eigenvalue weighted by Crippen LogP contribution is 2.22. The zero-order valence-electron chi connectivity index (χ0n) is 10.1. The van der Waals surface area contributed by atoms with Gasteiger partial charge in [0.05, 0.1) is 12.3 Å². The Kier molecular flexibility index (Phi) is 3.44. The third-order valence-electron chi connectivity index (χ3n) is 2.65. The van der Waals surface area contributed by atoms with Crippen molar-refractivity contribution in [3.8, 4) is 0 Å². The fourth-order valence-electron chi connectivity index (χ4n) is 1.78. The van der Waals surface area contributed by atoms with Gasteiger partial charge in [-0.25, -0.2) is 0 Å². The predicted molar refractivity (Wildman–Crippen MR) is 67.6 cm³/mol. The van der Waals surface area contributed by atoms with Crippen LogP contribution in [0.15, 0.2) is 36.7 Å². The van der Waals surface area contributed by atoms with Crippen molar-refractivity contribution in [1.29, 1.82) is 0 Å². The molecule has 0 radical (unpaired) electrons. The highest BCUT2D eigenvalue weighted by atomic mass is 16.3. The van der Waals surface area contributed by atoms with Crippen LogP contribution in [0.1, 0.15) is 24.2 Å². The van der Waals surface area contributed by atoms with Crippen LogP contribution < -0.4 is 5.32 Å². The molecule has 2 rings (SSSR count). The Balaban J connectivity index is 2.08. The van der Waals surface area contributed by atoms with Crippen molar-refractivity contribution in [2.24, 2.45) is 7.05 Å². The van der Waals surface area contributed by atoms with Crippen molar-refractivity contribution in [2.45, 2.75) is 19.6 Å². The zero-order valence-corrected chi connectivity index (χ0v) is 10.1. The smallest absolute Gasteiger partial charge is 0.0781 e. The van der Waals surface area contributed by atoms with Crippen LogP contribution in [-0.2, 0) is 13.6 Å². The molecular formula is C13H17N3O. The summed E-state index contributed by atoms with van der Waals surface area (Å²) < 4.78 is 1.78. The van der Waals surface area contributed by atoms with E-state index in [1.807, 2.05) is 43.7 Å². The maximum absolute atomic E-state index is 9.65. The summed E-state index contributed by atoms with van der Waals surface area (Å²) in [5.74, 6) is 0. The maximum Gasteiger partial charge on any atom is 0.0781 e. The fraction of sp³-hybridized carbons (Fsp3) is 0.308. The molecule has 90 valence electrons. The van der Waals surface area contributed by atoms with E-state index in [1.165, 1.54) is 0 Å². The molecule has 0 aliphatic heterocycles. The van der Waals surface area contributed by atoms with E-state index < -0.39 is 6.10 Å². The average molecular weight is 231 g/mol. The number of aryl methyl sites for hydroxylation is 1. The maximum atomic E-state index is 9.65. The predicted octanol–water partition coefficient (Wildman–Crippen LogP) is 2.09. The fourth-order valence-corrected chi connectivity index (χ4v) is 1.78. The summed E-state index contributed by atoms with van der Waals surface area (Å²) in [6.45, 7) is 2.47. The van der Waals surface area contributed by atoms with Gasteiger partial charge >= 0.3 is 0 Å². The number of aliphatic hydroxyl groups excluding tert-OH is 1. The standard InChI is InChI=1S/C13H17N3O/c1-10(17)12-5-3-4-6-13(12)14-7-11-8-15-16(2)9-11/h3-6,8-10,14,17H,7H2,1-2H3. The number of aliphatic hydroxyl groups is 1. The molecule has 1 unspecified atom stereocenters. The summed E-state index contributed by atoms with van der Waals surface area (Å²) in [5.41, 5.74) is 3.00. The van der Waals surface area contributed by atoms with E-state index in [0.717, 1.165) is 16.8 Å². The normalized spacial score (nSPS) is 12.4. The summed E-state index contributed by atoms with van der Waals surface area (Å²) in [6, 6.07) is 7.78. The van der Waals surface area contributed by atoms with Crippen LogP contribution in [0.4, 0.5) is 5.69 Å². The number of nitrogens with zero attached hydrogens (tertiary/aromatic N) is 2. The van der Waals surface area contributed by atoms with Crippen molar-refractivity contribution < 1.29 is 5.11 Å². The van der Waals surface area contributed by atoms with Crippen LogP contribution in [-0.4, -0.2) is 14.9 Å². The molecule has 1 atom stereocenters. The molecule has 1 aromatic carbocycles. The van der Waals surface area contributed by atoms with E-state index in [1.54, 1.807) is 11.6 Å². The van der Waals surface area contributed by atoms with Crippen LogP contribution in [0, 0.1) is 0 Å². The van der Waals surface area contributed by atoms with E-state index in [2.05, 4.69) is 10.4 Å². The first-order valence-electron chi connectivity index (χ1n) is 5.65. The molecule has 17 heavy (non-hydrogen) atoms. The number of nitrogens with one attached hydrogen (secondary N) is 1. The summed E-state index contributed by atoms with van der Waals surface area (Å²) in [4.78, 5) is 0. The van der Waals surface area contributed by atoms with E-state index in [0.29, 0.717) is 6.54 Å². The quantitative estimate of drug-likeness (QED) is 0.847. The lowest BCUT2D eigenvalue weighted by molar-refractivity contribution is 0.200. The first-order chi connectivity index (χ1) is 8.16. The molecule has 0 fully saturated rings. The van der Waals surface area contributed by atoms with Gasteiger partial charge < -0.3 is 10.4 Å². The molecule has 0 spiro atoms. The van der Waals surface area contributed by atoms with Gasteiger partial charge in [0.2, 0.25) is 0 Å². The summed E-state index contributed by atoms with van der Waals surface area (Å²) in [6.07, 6.45) is 3.34. The molecule has 4 nitrogen and oxygen atoms in total. The Morgan fingerprint density at radius 2 is 2.18 bits per heavy atom. The lowest BCUT2D eigenvalue weighted by atomic mass is 10.1. The van der Waals surface area contributed by atoms with Gasteiger partial charge in [-0.15, -0.1) is 0 Å². The SMILES string of the molecule is CC(O)c1ccccc1NCc1cnn(C)c1. The van der Waals surface area contributed by atoms with E-state index in [9.17, 15) is 5.11 Å². The first kappa shape index (κ1) is 11.7. The van der Waals surface area contributed by atoms with Crippen LogP contribution >= 0.6 is 0 Å². The first-order valence-corrected chi connectivity index (χ1v) is 5.65. The minimum atomic E-state index is -0.465. The molecular weight excluding hydrogens is 214 g/mol. The van der Waals surface area contributed by atoms with Crippen molar-refractivity contribution in [3.63, 3.8) is 0 Å². The Morgan fingerprint density at radius 1 is 1.41 bits per heavy atom. The number of hydrogen-bond donors (Lipinski definition) is 2. The molecule has 0 saturated heterocycles. The highest BCUT2D eigenvalue weighted by Gasteiger charge is 2.06. The second-order valence-corrected chi connectivity index (χ2v) is 4.14. The van der Waals surface area contributed by atoms with Gasteiger partial charge in [-0.1, -0.05) is 18.2 Å². The van der Waals surface area contributed by atoms with Crippen LogP contribution in [0.2, 0.25) is 0 Å². The van der Waals surface area contributed by atoms with Crippen molar-refractivity contribution in [3.05, 3.63) is 47.8 Å². The van der Waals surface area contributed by atoms with Crippen molar-refractivity contribution >= 4 is 5.69 Å². The third kappa shape index (κ3) is 2.85. The topological polar surface area (TPSA) is 50.1 Å². The van der Waals surface area contributed by atoms with Crippen molar-refractivity contribution in [1.82, 2.24) is 9.78 Å². The highest BCUT2D eigenvalue weighted by molar-refractivity contribution is 5.52. The third-order valence-corrected chi connectivity index (χ3v) is 2.65. The Bertz CT molecular complexity index is 491. The van der Waals surface area contributed by atoms with Gasteiger partial charge in [0.1, 0.15) is 0 Å². The summed E-state index contributed by atoms with van der Waals surface area (Å²) in [5, 5.41) is 17.1. The number of aromatic nitrogens is 2. The molecule has 2 aromatic rings. The van der Waals surface area contributed by atoms with Gasteiger partial charge in [-0.05, 0) is 13.0 Å². The Hall–Kier alpha value is -1.81. The van der Waals surface area contributed by atoms with E-state index in [-0.39, 0.29) is 0 Å². The Morgan fingerprint density at radius 3 is 2.82 bits per heavy atom. The molecule has 4 heteroatoms. The second kappa shape index (κ2) is 5.01. The number of hydrogen-bond acceptors (Lipinski definition) is 3. The van der Waals surface area contributed by atoms with Gasteiger partial charge in [0.25, 0.3) is 0 Å². The lowest BCUT2D eigenvalue weighted by Crippen LogP contribution is -2.03. The lowest BCUT2D eigenvalue weighted by Gasteiger charge is -2.13. The second-order valence-electron chi connectivity index (χ2n) is 4.14. The van der Waals surface area contributed by atoms with Crippen LogP contribution in [0.25, 0.3) is 0 Å². The molecule has 0 saturated carbocycles. The number of para-hydroxylation sites is 1. The van der Waals surface area contributed by atoms with Gasteiger partial charge in [0, 0.05) is 36.6 Å². The van der Waals surface area contributed by atoms with E-state index >= 15 is 0 Å². The number of rotatable bonds is 4. The minimum absolute atomic E-state index is 0.465. The van der Waals surface area contributed by atoms with Gasteiger partial charge in [-0.2, -0.15) is 5.10 Å². The number of benzene rings is 1. The zero-order chi connectivity index (χ0) is 12.3. The largest absolute Gasteiger partial charge is 0.389 e. The molecule has 0 aliphatic rings. The molecule has 1 heterocycles. The molecule has 0 bridgehead atoms. The number of anilines is 1. The molecule has 0 amide bonds. The molecule has 2 N–H and O–H groups in total. The summed E-state index contributed by atoms with van der Waals surface area (Å²) in [7, 11) is 1.90.